The standard InChI is InChI=1S/C28H31N3O3/c1-19(2)30-16-13-24-22(18-30)27(21-10-4-5-11-23(21)29-24)28(33)34-17-14-26(32)31-15-7-9-20-8-3-6-12-25(20)31/h3-6,8,10-12,19H,7,9,13-18H2,1-2H3. The number of amides is 1. The Hall–Kier alpha value is -3.25. The normalized spacial score (nSPS) is 15.8. The fourth-order valence-electron chi connectivity index (χ4n) is 5.12. The minimum atomic E-state index is -0.368. The molecule has 2 aromatic carbocycles. The minimum absolute atomic E-state index is 0.00690. The first-order chi connectivity index (χ1) is 16.5. The highest BCUT2D eigenvalue weighted by atomic mass is 16.5. The van der Waals surface area contributed by atoms with Gasteiger partial charge in [-0.15, -0.1) is 0 Å². The predicted molar refractivity (Wildman–Crippen MR) is 133 cm³/mol. The maximum Gasteiger partial charge on any atom is 0.339 e. The fraction of sp³-hybridized carbons (Fsp3) is 0.393. The van der Waals surface area contributed by atoms with Gasteiger partial charge in [0.05, 0.1) is 17.5 Å². The van der Waals surface area contributed by atoms with Crippen LogP contribution in [0, 0.1) is 0 Å². The zero-order chi connectivity index (χ0) is 23.7. The Kier molecular flexibility index (Phi) is 6.33. The van der Waals surface area contributed by atoms with Crippen molar-refractivity contribution in [2.75, 3.05) is 24.6 Å². The fourth-order valence-corrected chi connectivity index (χ4v) is 5.12. The van der Waals surface area contributed by atoms with Gasteiger partial charge < -0.3 is 9.64 Å². The highest BCUT2D eigenvalue weighted by Gasteiger charge is 2.28. The van der Waals surface area contributed by atoms with Gasteiger partial charge in [-0.05, 0) is 44.4 Å². The molecule has 0 atom stereocenters. The number of carbonyl (C=O) groups excluding carboxylic acids is 2. The SMILES string of the molecule is CC(C)N1CCc2nc3ccccc3c(C(=O)OCCC(=O)N3CCCc4ccccc43)c2C1. The van der Waals surface area contributed by atoms with E-state index >= 15 is 0 Å². The van der Waals surface area contributed by atoms with Crippen molar-refractivity contribution in [3.8, 4) is 0 Å². The second kappa shape index (κ2) is 9.55. The van der Waals surface area contributed by atoms with Crippen molar-refractivity contribution in [1.29, 1.82) is 0 Å². The molecule has 0 aliphatic carbocycles. The molecule has 2 aliphatic rings. The summed E-state index contributed by atoms with van der Waals surface area (Å²) in [5.74, 6) is -0.375. The van der Waals surface area contributed by atoms with Crippen LogP contribution in [0.2, 0.25) is 0 Å². The lowest BCUT2D eigenvalue weighted by atomic mass is 9.95. The van der Waals surface area contributed by atoms with E-state index in [1.165, 1.54) is 5.56 Å². The van der Waals surface area contributed by atoms with Gasteiger partial charge in [0, 0.05) is 54.4 Å². The molecule has 6 heteroatoms. The van der Waals surface area contributed by atoms with Crippen molar-refractivity contribution in [2.24, 2.45) is 0 Å². The second-order valence-corrected chi connectivity index (χ2v) is 9.41. The number of nitrogens with zero attached hydrogens (tertiary/aromatic N) is 3. The molecular formula is C28H31N3O3. The molecule has 3 aromatic rings. The van der Waals surface area contributed by atoms with E-state index < -0.39 is 0 Å². The lowest BCUT2D eigenvalue weighted by Gasteiger charge is -2.32. The number of pyridine rings is 1. The monoisotopic (exact) mass is 457 g/mol. The summed E-state index contributed by atoms with van der Waals surface area (Å²) < 4.78 is 5.71. The number of ether oxygens (including phenoxy) is 1. The molecule has 3 heterocycles. The van der Waals surface area contributed by atoms with Gasteiger partial charge in [0.25, 0.3) is 0 Å². The van der Waals surface area contributed by atoms with Gasteiger partial charge in [-0.2, -0.15) is 0 Å². The number of para-hydroxylation sites is 2. The van der Waals surface area contributed by atoms with Crippen molar-refractivity contribution in [3.05, 3.63) is 70.9 Å². The number of fused-ring (bicyclic) bond motifs is 3. The maximum absolute atomic E-state index is 13.4. The van der Waals surface area contributed by atoms with E-state index in [0.29, 0.717) is 24.7 Å². The van der Waals surface area contributed by atoms with Gasteiger partial charge in [-0.25, -0.2) is 4.79 Å². The van der Waals surface area contributed by atoms with E-state index in [4.69, 9.17) is 9.72 Å². The molecule has 0 unspecified atom stereocenters. The van der Waals surface area contributed by atoms with Gasteiger partial charge >= 0.3 is 5.97 Å². The maximum atomic E-state index is 13.4. The summed E-state index contributed by atoms with van der Waals surface area (Å²) in [6.45, 7) is 6.71. The van der Waals surface area contributed by atoms with Crippen LogP contribution in [0.5, 0.6) is 0 Å². The highest BCUT2D eigenvalue weighted by Crippen LogP contribution is 2.30. The van der Waals surface area contributed by atoms with E-state index in [-0.39, 0.29) is 24.9 Å². The average molecular weight is 458 g/mol. The summed E-state index contributed by atoms with van der Waals surface area (Å²) >= 11 is 0. The van der Waals surface area contributed by atoms with Crippen molar-refractivity contribution in [1.82, 2.24) is 9.88 Å². The van der Waals surface area contributed by atoms with E-state index in [0.717, 1.165) is 53.7 Å². The van der Waals surface area contributed by atoms with Crippen molar-refractivity contribution in [2.45, 2.75) is 52.1 Å². The Morgan fingerprint density at radius 3 is 2.68 bits per heavy atom. The average Bonchev–Trinajstić information content (AvgIpc) is 2.86. The molecule has 34 heavy (non-hydrogen) atoms. The number of rotatable bonds is 5. The Balaban J connectivity index is 1.34. The van der Waals surface area contributed by atoms with Crippen molar-refractivity contribution < 1.29 is 14.3 Å². The third-order valence-electron chi connectivity index (χ3n) is 6.97. The molecule has 1 amide bonds. The first kappa shape index (κ1) is 22.5. The summed E-state index contributed by atoms with van der Waals surface area (Å²) in [6, 6.07) is 16.2. The van der Waals surface area contributed by atoms with E-state index in [1.807, 2.05) is 47.4 Å². The van der Waals surface area contributed by atoms with E-state index in [9.17, 15) is 9.59 Å². The molecule has 5 rings (SSSR count). The van der Waals surface area contributed by atoms with Gasteiger partial charge in [0.15, 0.2) is 0 Å². The van der Waals surface area contributed by atoms with Crippen LogP contribution in [0.3, 0.4) is 0 Å². The number of esters is 1. The topological polar surface area (TPSA) is 62.7 Å². The first-order valence-corrected chi connectivity index (χ1v) is 12.2. The van der Waals surface area contributed by atoms with Gasteiger partial charge in [-0.1, -0.05) is 36.4 Å². The Bertz CT molecular complexity index is 1240. The third kappa shape index (κ3) is 4.30. The molecule has 0 radical (unpaired) electrons. The lowest BCUT2D eigenvalue weighted by Crippen LogP contribution is -2.37. The molecule has 0 spiro atoms. The number of hydrogen-bond donors (Lipinski definition) is 0. The van der Waals surface area contributed by atoms with Crippen LogP contribution in [-0.4, -0.2) is 47.5 Å². The molecule has 176 valence electrons. The summed E-state index contributed by atoms with van der Waals surface area (Å²) in [7, 11) is 0. The predicted octanol–water partition coefficient (Wildman–Crippen LogP) is 4.53. The molecule has 0 saturated heterocycles. The molecule has 6 nitrogen and oxygen atoms in total. The van der Waals surface area contributed by atoms with E-state index in [1.54, 1.807) is 0 Å². The number of aryl methyl sites for hydroxylation is 1. The summed E-state index contributed by atoms with van der Waals surface area (Å²) in [6.07, 6.45) is 2.92. The molecule has 1 aromatic heterocycles. The Labute approximate surface area is 200 Å². The quantitative estimate of drug-likeness (QED) is 0.527. The van der Waals surface area contributed by atoms with Crippen LogP contribution in [0.4, 0.5) is 5.69 Å². The molecular weight excluding hydrogens is 426 g/mol. The number of anilines is 1. The lowest BCUT2D eigenvalue weighted by molar-refractivity contribution is -0.119. The van der Waals surface area contributed by atoms with Crippen LogP contribution >= 0.6 is 0 Å². The van der Waals surface area contributed by atoms with Gasteiger partial charge in [-0.3, -0.25) is 14.7 Å². The molecule has 0 saturated carbocycles. The Morgan fingerprint density at radius 2 is 1.82 bits per heavy atom. The summed E-state index contributed by atoms with van der Waals surface area (Å²) in [4.78, 5) is 35.4. The van der Waals surface area contributed by atoms with Crippen LogP contribution in [-0.2, 0) is 28.9 Å². The number of aromatic nitrogens is 1. The largest absolute Gasteiger partial charge is 0.462 e. The van der Waals surface area contributed by atoms with Crippen LogP contribution in [0.15, 0.2) is 48.5 Å². The number of hydrogen-bond acceptors (Lipinski definition) is 5. The van der Waals surface area contributed by atoms with Crippen LogP contribution < -0.4 is 4.90 Å². The molecule has 0 bridgehead atoms. The van der Waals surface area contributed by atoms with Gasteiger partial charge in [0.1, 0.15) is 6.61 Å². The van der Waals surface area contributed by atoms with Crippen molar-refractivity contribution in [3.63, 3.8) is 0 Å². The van der Waals surface area contributed by atoms with Crippen LogP contribution in [0.1, 0.15) is 53.9 Å². The molecule has 2 aliphatic heterocycles. The van der Waals surface area contributed by atoms with Crippen molar-refractivity contribution >= 4 is 28.5 Å². The third-order valence-corrected chi connectivity index (χ3v) is 6.97. The van der Waals surface area contributed by atoms with Gasteiger partial charge in [0.2, 0.25) is 5.91 Å². The highest BCUT2D eigenvalue weighted by molar-refractivity contribution is 6.05. The summed E-state index contributed by atoms with van der Waals surface area (Å²) in [5.41, 5.74) is 5.52. The minimum Gasteiger partial charge on any atom is -0.462 e. The second-order valence-electron chi connectivity index (χ2n) is 9.41. The number of carbonyl (C=O) groups is 2. The smallest absolute Gasteiger partial charge is 0.339 e. The zero-order valence-electron chi connectivity index (χ0n) is 19.9. The Morgan fingerprint density at radius 1 is 1.03 bits per heavy atom. The molecule has 0 fully saturated rings. The van der Waals surface area contributed by atoms with Crippen LogP contribution in [0.25, 0.3) is 10.9 Å². The summed E-state index contributed by atoms with van der Waals surface area (Å²) in [5, 5.41) is 0.813. The first-order valence-electron chi connectivity index (χ1n) is 12.2. The van der Waals surface area contributed by atoms with E-state index in [2.05, 4.69) is 24.8 Å². The number of benzene rings is 2. The molecule has 0 N–H and O–H groups in total. The zero-order valence-corrected chi connectivity index (χ0v) is 19.9.